The van der Waals surface area contributed by atoms with Gasteiger partial charge in [-0.2, -0.15) is 0 Å². The molecule has 0 atom stereocenters. The number of anilines is 2. The van der Waals surface area contributed by atoms with Gasteiger partial charge in [-0.3, -0.25) is 19.4 Å². The largest absolute Gasteiger partial charge is 0.454 e. The van der Waals surface area contributed by atoms with E-state index < -0.39 is 0 Å². The lowest BCUT2D eigenvalue weighted by atomic mass is 10.1. The first-order chi connectivity index (χ1) is 20.1. The molecule has 41 heavy (non-hydrogen) atoms. The van der Waals surface area contributed by atoms with Gasteiger partial charge in [0.2, 0.25) is 6.79 Å². The lowest BCUT2D eigenvalue weighted by molar-refractivity contribution is 0.0743. The molecule has 4 heterocycles. The van der Waals surface area contributed by atoms with Gasteiger partial charge in [0, 0.05) is 69.3 Å². The highest BCUT2D eigenvalue weighted by molar-refractivity contribution is 6.07. The van der Waals surface area contributed by atoms with E-state index >= 15 is 0 Å². The average molecular weight is 557 g/mol. The Morgan fingerprint density at radius 2 is 1.56 bits per heavy atom. The molecular weight excluding hydrogens is 524 g/mol. The van der Waals surface area contributed by atoms with Crippen molar-refractivity contribution in [1.29, 1.82) is 0 Å². The Morgan fingerprint density at radius 3 is 2.39 bits per heavy atom. The van der Waals surface area contributed by atoms with Gasteiger partial charge in [-0.15, -0.1) is 0 Å². The van der Waals surface area contributed by atoms with Crippen molar-refractivity contribution in [3.05, 3.63) is 77.6 Å². The van der Waals surface area contributed by atoms with E-state index in [9.17, 15) is 14.4 Å². The molecular formula is C30H32N6O5. The van der Waals surface area contributed by atoms with Gasteiger partial charge in [0.25, 0.3) is 17.7 Å². The van der Waals surface area contributed by atoms with Crippen LogP contribution in [0.1, 0.15) is 37.5 Å². The normalized spacial score (nSPS) is 16.7. The summed E-state index contributed by atoms with van der Waals surface area (Å²) >= 11 is 0. The van der Waals surface area contributed by atoms with Crippen molar-refractivity contribution in [3.63, 3.8) is 0 Å². The second kappa shape index (κ2) is 11.8. The molecule has 2 N–H and O–H groups in total. The number of piperazine rings is 1. The fourth-order valence-corrected chi connectivity index (χ4v) is 5.33. The molecule has 1 aromatic heterocycles. The minimum Gasteiger partial charge on any atom is -0.454 e. The molecule has 0 bridgehead atoms. The van der Waals surface area contributed by atoms with Crippen molar-refractivity contribution in [2.75, 3.05) is 69.4 Å². The predicted molar refractivity (Wildman–Crippen MR) is 153 cm³/mol. The van der Waals surface area contributed by atoms with Crippen molar-refractivity contribution in [2.24, 2.45) is 0 Å². The molecule has 2 saturated heterocycles. The zero-order chi connectivity index (χ0) is 28.2. The summed E-state index contributed by atoms with van der Waals surface area (Å²) in [6.45, 7) is 5.25. The molecule has 3 aliphatic heterocycles. The van der Waals surface area contributed by atoms with E-state index in [-0.39, 0.29) is 24.5 Å². The first-order valence-electron chi connectivity index (χ1n) is 13.9. The lowest BCUT2D eigenvalue weighted by Crippen LogP contribution is -2.49. The third-order valence-electron chi connectivity index (χ3n) is 7.57. The highest BCUT2D eigenvalue weighted by Crippen LogP contribution is 2.34. The molecule has 0 unspecified atom stereocenters. The molecule has 3 aliphatic rings. The van der Waals surface area contributed by atoms with Gasteiger partial charge in [-0.25, -0.2) is 0 Å². The number of hydrogen-bond donors (Lipinski definition) is 2. The molecule has 0 spiro atoms. The first-order valence-corrected chi connectivity index (χ1v) is 13.9. The maximum atomic E-state index is 13.4. The summed E-state index contributed by atoms with van der Waals surface area (Å²) in [6.07, 6.45) is 4.11. The number of carbonyl (C=O) groups excluding carboxylic acids is 3. The number of rotatable bonds is 5. The highest BCUT2D eigenvalue weighted by atomic mass is 16.7. The van der Waals surface area contributed by atoms with Crippen LogP contribution in [-0.2, 0) is 0 Å². The van der Waals surface area contributed by atoms with E-state index in [1.54, 1.807) is 48.8 Å². The summed E-state index contributed by atoms with van der Waals surface area (Å²) < 4.78 is 10.8. The van der Waals surface area contributed by atoms with Crippen LogP contribution in [-0.4, -0.2) is 91.7 Å². The van der Waals surface area contributed by atoms with Crippen LogP contribution in [0.3, 0.4) is 0 Å². The number of ether oxygens (including phenoxy) is 2. The highest BCUT2D eigenvalue weighted by Gasteiger charge is 2.26. The monoisotopic (exact) mass is 556 g/mol. The molecule has 11 nitrogen and oxygen atoms in total. The zero-order valence-electron chi connectivity index (χ0n) is 22.7. The van der Waals surface area contributed by atoms with Crippen molar-refractivity contribution < 1.29 is 23.9 Å². The Morgan fingerprint density at radius 1 is 0.780 bits per heavy atom. The Labute approximate surface area is 238 Å². The summed E-state index contributed by atoms with van der Waals surface area (Å²) in [4.78, 5) is 49.6. The van der Waals surface area contributed by atoms with Crippen LogP contribution >= 0.6 is 0 Å². The van der Waals surface area contributed by atoms with E-state index in [1.165, 1.54) is 0 Å². The number of fused-ring (bicyclic) bond motifs is 1. The van der Waals surface area contributed by atoms with Crippen molar-refractivity contribution >= 4 is 29.1 Å². The maximum absolute atomic E-state index is 13.4. The van der Waals surface area contributed by atoms with Crippen LogP contribution in [0, 0.1) is 0 Å². The Balaban J connectivity index is 1.24. The molecule has 6 rings (SSSR count). The quantitative estimate of drug-likeness (QED) is 0.493. The van der Waals surface area contributed by atoms with Crippen LogP contribution < -0.4 is 25.0 Å². The van der Waals surface area contributed by atoms with Gasteiger partial charge in [0.15, 0.2) is 11.5 Å². The van der Waals surface area contributed by atoms with Gasteiger partial charge in [-0.05, 0) is 61.5 Å². The molecule has 11 heteroatoms. The third-order valence-corrected chi connectivity index (χ3v) is 7.57. The zero-order valence-corrected chi connectivity index (χ0v) is 22.7. The van der Waals surface area contributed by atoms with Crippen LogP contribution in [0.25, 0.3) is 0 Å². The molecule has 2 aromatic carbocycles. The number of nitrogens with zero attached hydrogens (tertiary/aromatic N) is 4. The molecule has 212 valence electrons. The summed E-state index contributed by atoms with van der Waals surface area (Å²) in [5.74, 6) is 0.678. The van der Waals surface area contributed by atoms with E-state index in [4.69, 9.17) is 9.47 Å². The number of benzene rings is 2. The molecule has 2 fully saturated rings. The van der Waals surface area contributed by atoms with Gasteiger partial charge in [0.05, 0.1) is 16.9 Å². The fraction of sp³-hybridized carbons (Fsp3) is 0.333. The van der Waals surface area contributed by atoms with Gasteiger partial charge in [-0.1, -0.05) is 0 Å². The average Bonchev–Trinajstić information content (AvgIpc) is 3.33. The molecule has 0 aliphatic carbocycles. The lowest BCUT2D eigenvalue weighted by Gasteiger charge is -2.37. The van der Waals surface area contributed by atoms with Gasteiger partial charge >= 0.3 is 0 Å². The van der Waals surface area contributed by atoms with E-state index in [1.807, 2.05) is 21.9 Å². The van der Waals surface area contributed by atoms with E-state index in [2.05, 4.69) is 20.5 Å². The number of carbonyl (C=O) groups is 3. The third kappa shape index (κ3) is 5.80. The van der Waals surface area contributed by atoms with E-state index in [0.29, 0.717) is 73.1 Å². The summed E-state index contributed by atoms with van der Waals surface area (Å²) in [7, 11) is 0. The predicted octanol–water partition coefficient (Wildman–Crippen LogP) is 2.46. The fourth-order valence-electron chi connectivity index (χ4n) is 5.33. The van der Waals surface area contributed by atoms with Gasteiger partial charge < -0.3 is 34.8 Å². The topological polar surface area (TPSA) is 116 Å². The summed E-state index contributed by atoms with van der Waals surface area (Å²) in [5, 5.41) is 6.36. The number of amides is 3. The SMILES string of the molecule is O=C(Nc1cc(C(=O)N2CCCNCC2)ccc1N1CCN(C(=O)c2cccnc2)CC1)c1ccc2c(c1)OCO2. The molecule has 3 aromatic rings. The van der Waals surface area contributed by atoms with Crippen LogP contribution in [0.5, 0.6) is 11.5 Å². The number of aromatic nitrogens is 1. The maximum Gasteiger partial charge on any atom is 0.255 e. The second-order valence-corrected chi connectivity index (χ2v) is 10.2. The minimum atomic E-state index is -0.321. The van der Waals surface area contributed by atoms with Crippen LogP contribution in [0.4, 0.5) is 11.4 Å². The van der Waals surface area contributed by atoms with Crippen molar-refractivity contribution in [2.45, 2.75) is 6.42 Å². The smallest absolute Gasteiger partial charge is 0.255 e. The molecule has 0 radical (unpaired) electrons. The Bertz CT molecular complexity index is 1430. The van der Waals surface area contributed by atoms with E-state index in [0.717, 1.165) is 25.2 Å². The number of pyridine rings is 1. The first kappa shape index (κ1) is 26.6. The van der Waals surface area contributed by atoms with Crippen molar-refractivity contribution in [1.82, 2.24) is 20.1 Å². The molecule has 3 amide bonds. The standard InChI is InChI=1S/C30H32N6O5/c37-28(21-5-7-26-27(18-21)41-20-40-26)33-24-17-22(29(38)35-11-2-9-31-10-12-35)4-6-25(24)34-13-15-36(16-14-34)30(39)23-3-1-8-32-19-23/h1,3-8,17-19,31H,2,9-16,20H2,(H,33,37). The Kier molecular flexibility index (Phi) is 7.68. The molecule has 0 saturated carbocycles. The summed E-state index contributed by atoms with van der Waals surface area (Å²) in [6, 6.07) is 14.0. The number of nitrogens with one attached hydrogen (secondary N) is 2. The van der Waals surface area contributed by atoms with Gasteiger partial charge in [0.1, 0.15) is 0 Å². The number of hydrogen-bond acceptors (Lipinski definition) is 8. The van der Waals surface area contributed by atoms with Crippen LogP contribution in [0.2, 0.25) is 0 Å². The van der Waals surface area contributed by atoms with Crippen molar-refractivity contribution in [3.8, 4) is 11.5 Å². The Hall–Kier alpha value is -4.64. The second-order valence-electron chi connectivity index (χ2n) is 10.2. The minimum absolute atomic E-state index is 0.0537. The summed E-state index contributed by atoms with van der Waals surface area (Å²) in [5.41, 5.74) is 2.83. The van der Waals surface area contributed by atoms with Crippen LogP contribution in [0.15, 0.2) is 60.9 Å².